The second-order valence-electron chi connectivity index (χ2n) is 9.53. The number of carboxylic acid groups (broad SMARTS) is 1. The first kappa shape index (κ1) is 32.4. The van der Waals surface area contributed by atoms with Gasteiger partial charge >= 0.3 is 17.9 Å². The zero-order valence-corrected chi connectivity index (χ0v) is 25.0. The molecule has 1 amide bonds. The number of carbonyl (C=O) groups excluding carboxylic acids is 3. The van der Waals surface area contributed by atoms with Gasteiger partial charge in [0.15, 0.2) is 0 Å². The van der Waals surface area contributed by atoms with Gasteiger partial charge in [-0.3, -0.25) is 19.2 Å². The second kappa shape index (κ2) is 15.2. The van der Waals surface area contributed by atoms with E-state index in [0.717, 1.165) is 5.56 Å². The third-order valence-corrected chi connectivity index (χ3v) is 7.89. The molecule has 3 aromatic carbocycles. The largest absolute Gasteiger partial charge is 0.481 e. The Hall–Kier alpha value is -3.10. The number of rotatable bonds is 12. The van der Waals surface area contributed by atoms with Gasteiger partial charge in [0.05, 0.1) is 39.4 Å². The summed E-state index contributed by atoms with van der Waals surface area (Å²) in [6, 6.07) is 18.8. The second-order valence-corrected chi connectivity index (χ2v) is 11.2. The SMILES string of the molecule is CN(Cc1ccccc1)C(=O)CC(CC(=O)OC(=O)CC(CC(=O)O)c1ccc(Cl)c(Cl)c1)c1ccc(Cl)c(Cl)c1. The third kappa shape index (κ3) is 10.0. The van der Waals surface area contributed by atoms with Crippen molar-refractivity contribution in [2.75, 3.05) is 7.05 Å². The van der Waals surface area contributed by atoms with Crippen LogP contribution in [0.4, 0.5) is 0 Å². The topological polar surface area (TPSA) is 101 Å². The van der Waals surface area contributed by atoms with Crippen LogP contribution in [0.5, 0.6) is 0 Å². The molecule has 2 atom stereocenters. The molecule has 0 spiro atoms. The van der Waals surface area contributed by atoms with Crippen LogP contribution in [0, 0.1) is 0 Å². The number of ether oxygens (including phenoxy) is 1. The lowest BCUT2D eigenvalue weighted by atomic mass is 9.91. The fourth-order valence-corrected chi connectivity index (χ4v) is 4.90. The first-order valence-corrected chi connectivity index (χ1v) is 14.1. The van der Waals surface area contributed by atoms with Crippen molar-refractivity contribution in [3.05, 3.63) is 104 Å². The van der Waals surface area contributed by atoms with Crippen LogP contribution in [0.1, 0.15) is 54.2 Å². The van der Waals surface area contributed by atoms with Gasteiger partial charge in [-0.1, -0.05) is 88.9 Å². The summed E-state index contributed by atoms with van der Waals surface area (Å²) in [6.07, 6.45) is -1.14. The first-order chi connectivity index (χ1) is 19.4. The minimum absolute atomic E-state index is 0.0600. The van der Waals surface area contributed by atoms with Crippen LogP contribution in [0.15, 0.2) is 66.7 Å². The van der Waals surface area contributed by atoms with Crippen molar-refractivity contribution < 1.29 is 29.0 Å². The lowest BCUT2D eigenvalue weighted by Gasteiger charge is -2.22. The maximum atomic E-state index is 13.1. The smallest absolute Gasteiger partial charge is 0.314 e. The number of aliphatic carboxylic acids is 1. The van der Waals surface area contributed by atoms with E-state index in [4.69, 9.17) is 51.1 Å². The molecule has 216 valence electrons. The Labute approximate surface area is 257 Å². The van der Waals surface area contributed by atoms with Crippen molar-refractivity contribution in [1.82, 2.24) is 4.90 Å². The fourth-order valence-electron chi connectivity index (χ4n) is 4.28. The molecule has 0 aliphatic carbocycles. The van der Waals surface area contributed by atoms with Crippen LogP contribution in [0.2, 0.25) is 20.1 Å². The predicted octanol–water partition coefficient (Wildman–Crippen LogP) is 7.54. The van der Waals surface area contributed by atoms with Crippen LogP contribution in [0.3, 0.4) is 0 Å². The van der Waals surface area contributed by atoms with Gasteiger partial charge in [0, 0.05) is 31.8 Å². The van der Waals surface area contributed by atoms with E-state index in [1.165, 1.54) is 12.1 Å². The normalized spacial score (nSPS) is 12.3. The van der Waals surface area contributed by atoms with Crippen LogP contribution in [-0.2, 0) is 30.5 Å². The highest BCUT2D eigenvalue weighted by Crippen LogP contribution is 2.32. The molecule has 0 aliphatic heterocycles. The quantitative estimate of drug-likeness (QED) is 0.162. The summed E-state index contributed by atoms with van der Waals surface area (Å²) in [5.74, 6) is -4.62. The molecular formula is C30H27Cl4NO6. The van der Waals surface area contributed by atoms with E-state index in [9.17, 15) is 24.3 Å². The average molecular weight is 639 g/mol. The van der Waals surface area contributed by atoms with Crippen molar-refractivity contribution in [3.8, 4) is 0 Å². The van der Waals surface area contributed by atoms with Crippen LogP contribution < -0.4 is 0 Å². The van der Waals surface area contributed by atoms with E-state index in [2.05, 4.69) is 0 Å². The van der Waals surface area contributed by atoms with Crippen LogP contribution in [0.25, 0.3) is 0 Å². The van der Waals surface area contributed by atoms with Gasteiger partial charge in [-0.15, -0.1) is 0 Å². The molecule has 11 heteroatoms. The number of halogens is 4. The van der Waals surface area contributed by atoms with Gasteiger partial charge < -0.3 is 14.7 Å². The average Bonchev–Trinajstić information content (AvgIpc) is 2.91. The van der Waals surface area contributed by atoms with Crippen molar-refractivity contribution in [2.45, 2.75) is 44.1 Å². The molecule has 41 heavy (non-hydrogen) atoms. The Bertz CT molecular complexity index is 1420. The van der Waals surface area contributed by atoms with Crippen molar-refractivity contribution in [1.29, 1.82) is 0 Å². The Morgan fingerprint density at radius 1 is 0.707 bits per heavy atom. The molecule has 0 heterocycles. The maximum absolute atomic E-state index is 13.1. The van der Waals surface area contributed by atoms with Gasteiger partial charge in [-0.05, 0) is 41.0 Å². The minimum atomic E-state index is -1.14. The number of esters is 2. The van der Waals surface area contributed by atoms with Gasteiger partial charge in [0.2, 0.25) is 5.91 Å². The number of hydrogen-bond acceptors (Lipinski definition) is 5. The van der Waals surface area contributed by atoms with E-state index in [1.54, 1.807) is 36.2 Å². The minimum Gasteiger partial charge on any atom is -0.481 e. The summed E-state index contributed by atoms with van der Waals surface area (Å²) in [7, 11) is 1.66. The van der Waals surface area contributed by atoms with Gasteiger partial charge in [-0.2, -0.15) is 0 Å². The number of nitrogens with zero attached hydrogens (tertiary/aromatic N) is 1. The summed E-state index contributed by atoms with van der Waals surface area (Å²) < 4.78 is 5.07. The number of benzene rings is 3. The zero-order chi connectivity index (χ0) is 30.1. The number of carbonyl (C=O) groups is 4. The molecule has 0 bridgehead atoms. The third-order valence-electron chi connectivity index (χ3n) is 6.41. The highest BCUT2D eigenvalue weighted by atomic mass is 35.5. The predicted molar refractivity (Wildman–Crippen MR) is 159 cm³/mol. The van der Waals surface area contributed by atoms with E-state index in [1.807, 2.05) is 30.3 Å². The van der Waals surface area contributed by atoms with Gasteiger partial charge in [0.25, 0.3) is 0 Å². The van der Waals surface area contributed by atoms with Gasteiger partial charge in [-0.25, -0.2) is 0 Å². The first-order valence-electron chi connectivity index (χ1n) is 12.6. The molecule has 7 nitrogen and oxygen atoms in total. The van der Waals surface area contributed by atoms with Crippen LogP contribution >= 0.6 is 46.4 Å². The van der Waals surface area contributed by atoms with Crippen molar-refractivity contribution in [3.63, 3.8) is 0 Å². The van der Waals surface area contributed by atoms with E-state index in [0.29, 0.717) is 22.7 Å². The molecule has 1 N–H and O–H groups in total. The summed E-state index contributed by atoms with van der Waals surface area (Å²) in [6.45, 7) is 0.371. The van der Waals surface area contributed by atoms with E-state index >= 15 is 0 Å². The summed E-state index contributed by atoms with van der Waals surface area (Å²) in [4.78, 5) is 51.7. The lowest BCUT2D eigenvalue weighted by Crippen LogP contribution is -2.28. The Morgan fingerprint density at radius 3 is 1.66 bits per heavy atom. The highest BCUT2D eigenvalue weighted by molar-refractivity contribution is 6.42. The molecule has 2 unspecified atom stereocenters. The van der Waals surface area contributed by atoms with Crippen molar-refractivity contribution >= 4 is 70.2 Å². The molecule has 3 aromatic rings. The summed E-state index contributed by atoms with van der Waals surface area (Å²) in [5, 5.41) is 10.4. The number of hydrogen-bond donors (Lipinski definition) is 1. The van der Waals surface area contributed by atoms with E-state index < -0.39 is 36.2 Å². The Balaban J connectivity index is 1.72. The molecule has 0 radical (unpaired) electrons. The fraction of sp³-hybridized carbons (Fsp3) is 0.267. The lowest BCUT2D eigenvalue weighted by molar-refractivity contribution is -0.160. The molecular weight excluding hydrogens is 612 g/mol. The van der Waals surface area contributed by atoms with Gasteiger partial charge in [0.1, 0.15) is 0 Å². The Morgan fingerprint density at radius 2 is 1.20 bits per heavy atom. The molecule has 0 fully saturated rings. The monoisotopic (exact) mass is 637 g/mol. The van der Waals surface area contributed by atoms with Crippen molar-refractivity contribution in [2.24, 2.45) is 0 Å². The maximum Gasteiger partial charge on any atom is 0.314 e. The van der Waals surface area contributed by atoms with E-state index in [-0.39, 0.29) is 40.2 Å². The zero-order valence-electron chi connectivity index (χ0n) is 22.0. The number of amides is 1. The summed E-state index contributed by atoms with van der Waals surface area (Å²) >= 11 is 24.3. The Kier molecular flexibility index (Phi) is 12.0. The molecule has 0 aliphatic rings. The highest BCUT2D eigenvalue weighted by Gasteiger charge is 2.27. The molecule has 3 rings (SSSR count). The summed E-state index contributed by atoms with van der Waals surface area (Å²) in [5.41, 5.74) is 1.98. The molecule has 0 saturated carbocycles. The number of carboxylic acids is 1. The molecule has 0 saturated heterocycles. The van der Waals surface area contributed by atoms with Crippen LogP contribution in [-0.4, -0.2) is 40.9 Å². The molecule has 0 aromatic heterocycles. The standard InChI is InChI=1S/C30H27Cl4NO6/c1-35(17-18-5-3-2-4-6-18)27(36)13-21(19-7-9-23(31)25(33)11-19)15-29(39)41-30(40)16-22(14-28(37)38)20-8-10-24(32)26(34)12-20/h2-12,21-22H,13-17H2,1H3,(H,37,38).